The molecule has 0 radical (unpaired) electrons. The van der Waals surface area contributed by atoms with Gasteiger partial charge in [-0.05, 0) is 12.5 Å². The second kappa shape index (κ2) is 4.26. The highest BCUT2D eigenvalue weighted by Gasteiger charge is 2.12. The van der Waals surface area contributed by atoms with E-state index in [1.54, 1.807) is 0 Å². The summed E-state index contributed by atoms with van der Waals surface area (Å²) in [6, 6.07) is 8.26. The molecule has 1 N–H and O–H groups in total. The third-order valence-corrected chi connectivity index (χ3v) is 3.19. The van der Waals surface area contributed by atoms with Gasteiger partial charge in [-0.15, -0.1) is 0 Å². The average Bonchev–Trinajstić information content (AvgIpc) is 2.39. The number of hydrogen-bond donors (Lipinski definition) is 1. The number of aryl methyl sites for hydroxylation is 1. The van der Waals surface area contributed by atoms with Crippen LogP contribution >= 0.6 is 0 Å². The van der Waals surface area contributed by atoms with E-state index in [0.717, 1.165) is 30.9 Å². The van der Waals surface area contributed by atoms with E-state index in [9.17, 15) is 0 Å². The third kappa shape index (κ3) is 1.94. The zero-order chi connectivity index (χ0) is 11.7. The largest absolute Gasteiger partial charge is 0.312 e. The molecular formula is C14H15N3. The van der Waals surface area contributed by atoms with Crippen molar-refractivity contribution < 1.29 is 0 Å². The SMILES string of the molecule is Cc1ccccc1-c1ncc2c(n1)CCNC2. The lowest BCUT2D eigenvalue weighted by molar-refractivity contribution is 0.626. The minimum atomic E-state index is 0.851. The molecule has 0 unspecified atom stereocenters. The highest BCUT2D eigenvalue weighted by atomic mass is 14.9. The van der Waals surface area contributed by atoms with Gasteiger partial charge in [0, 0.05) is 36.8 Å². The lowest BCUT2D eigenvalue weighted by Gasteiger charge is -2.16. The molecule has 0 atom stereocenters. The summed E-state index contributed by atoms with van der Waals surface area (Å²) in [4.78, 5) is 9.17. The van der Waals surface area contributed by atoms with Crippen LogP contribution in [0.3, 0.4) is 0 Å². The van der Waals surface area contributed by atoms with Crippen LogP contribution in [0.4, 0.5) is 0 Å². The molecule has 1 aliphatic heterocycles. The van der Waals surface area contributed by atoms with Crippen LogP contribution in [0.2, 0.25) is 0 Å². The lowest BCUT2D eigenvalue weighted by Crippen LogP contribution is -2.25. The second-order valence-corrected chi connectivity index (χ2v) is 4.41. The number of hydrogen-bond acceptors (Lipinski definition) is 3. The number of fused-ring (bicyclic) bond motifs is 1. The smallest absolute Gasteiger partial charge is 0.159 e. The molecule has 3 heteroatoms. The van der Waals surface area contributed by atoms with Crippen LogP contribution in [-0.2, 0) is 13.0 Å². The number of benzene rings is 1. The molecule has 0 saturated carbocycles. The minimum absolute atomic E-state index is 0.851. The monoisotopic (exact) mass is 225 g/mol. The van der Waals surface area contributed by atoms with E-state index >= 15 is 0 Å². The first-order chi connectivity index (χ1) is 8.34. The molecule has 86 valence electrons. The van der Waals surface area contributed by atoms with Gasteiger partial charge in [0.25, 0.3) is 0 Å². The van der Waals surface area contributed by atoms with Crippen LogP contribution in [0, 0.1) is 6.92 Å². The van der Waals surface area contributed by atoms with E-state index < -0.39 is 0 Å². The number of aromatic nitrogens is 2. The highest BCUT2D eigenvalue weighted by Crippen LogP contribution is 2.21. The Morgan fingerprint density at radius 2 is 2.12 bits per heavy atom. The summed E-state index contributed by atoms with van der Waals surface area (Å²) < 4.78 is 0. The molecule has 17 heavy (non-hydrogen) atoms. The van der Waals surface area contributed by atoms with E-state index in [1.165, 1.54) is 16.8 Å². The van der Waals surface area contributed by atoms with E-state index in [4.69, 9.17) is 4.98 Å². The fraction of sp³-hybridized carbons (Fsp3) is 0.286. The zero-order valence-electron chi connectivity index (χ0n) is 9.90. The number of nitrogens with zero attached hydrogens (tertiary/aromatic N) is 2. The molecule has 0 saturated heterocycles. The Balaban J connectivity index is 2.07. The van der Waals surface area contributed by atoms with E-state index in [2.05, 4.69) is 29.4 Å². The molecule has 2 aromatic rings. The molecule has 1 aliphatic rings. The van der Waals surface area contributed by atoms with Crippen molar-refractivity contribution in [2.45, 2.75) is 19.9 Å². The summed E-state index contributed by atoms with van der Waals surface area (Å²) in [5.41, 5.74) is 4.78. The quantitative estimate of drug-likeness (QED) is 0.807. The molecule has 1 aromatic heterocycles. The van der Waals surface area contributed by atoms with Crippen molar-refractivity contribution in [2.75, 3.05) is 6.54 Å². The normalized spacial score (nSPS) is 14.4. The highest BCUT2D eigenvalue weighted by molar-refractivity contribution is 5.59. The average molecular weight is 225 g/mol. The van der Waals surface area contributed by atoms with Gasteiger partial charge in [-0.2, -0.15) is 0 Å². The van der Waals surface area contributed by atoms with Gasteiger partial charge in [0.1, 0.15) is 0 Å². The Hall–Kier alpha value is -1.74. The summed E-state index contributed by atoms with van der Waals surface area (Å²) in [7, 11) is 0. The van der Waals surface area contributed by atoms with Crippen LogP contribution in [-0.4, -0.2) is 16.5 Å². The molecule has 0 aliphatic carbocycles. The van der Waals surface area contributed by atoms with E-state index in [-0.39, 0.29) is 0 Å². The van der Waals surface area contributed by atoms with Crippen molar-refractivity contribution >= 4 is 0 Å². The standard InChI is InChI=1S/C14H15N3/c1-10-4-2-3-5-12(10)14-16-9-11-8-15-7-6-13(11)17-14/h2-5,9,15H,6-8H2,1H3. The second-order valence-electron chi connectivity index (χ2n) is 4.41. The van der Waals surface area contributed by atoms with Gasteiger partial charge >= 0.3 is 0 Å². The Morgan fingerprint density at radius 1 is 1.24 bits per heavy atom. The summed E-state index contributed by atoms with van der Waals surface area (Å²) in [5, 5.41) is 3.33. The predicted molar refractivity (Wildman–Crippen MR) is 67.6 cm³/mol. The molecule has 3 nitrogen and oxygen atoms in total. The molecule has 3 rings (SSSR count). The van der Waals surface area contributed by atoms with Crippen molar-refractivity contribution in [3.63, 3.8) is 0 Å². The Labute approximate surface area is 101 Å². The van der Waals surface area contributed by atoms with Gasteiger partial charge in [-0.25, -0.2) is 9.97 Å². The van der Waals surface area contributed by atoms with Gasteiger partial charge in [0.2, 0.25) is 0 Å². The van der Waals surface area contributed by atoms with Crippen molar-refractivity contribution in [3.05, 3.63) is 47.3 Å². The fourth-order valence-corrected chi connectivity index (χ4v) is 2.19. The third-order valence-electron chi connectivity index (χ3n) is 3.19. The van der Waals surface area contributed by atoms with Crippen LogP contribution in [0.1, 0.15) is 16.8 Å². The van der Waals surface area contributed by atoms with E-state index in [0.29, 0.717) is 0 Å². The topological polar surface area (TPSA) is 37.8 Å². The molecule has 0 bridgehead atoms. The van der Waals surface area contributed by atoms with Gasteiger partial charge in [-0.3, -0.25) is 0 Å². The van der Waals surface area contributed by atoms with Crippen molar-refractivity contribution in [3.8, 4) is 11.4 Å². The molecule has 0 amide bonds. The number of nitrogens with one attached hydrogen (secondary N) is 1. The van der Waals surface area contributed by atoms with Gasteiger partial charge in [-0.1, -0.05) is 24.3 Å². The Bertz CT molecular complexity index is 549. The van der Waals surface area contributed by atoms with Gasteiger partial charge in [0.05, 0.1) is 5.69 Å². The fourth-order valence-electron chi connectivity index (χ4n) is 2.19. The zero-order valence-corrected chi connectivity index (χ0v) is 9.90. The van der Waals surface area contributed by atoms with Crippen LogP contribution < -0.4 is 5.32 Å². The molecule has 2 heterocycles. The summed E-state index contributed by atoms with van der Waals surface area (Å²) in [6.07, 6.45) is 2.95. The van der Waals surface area contributed by atoms with Crippen molar-refractivity contribution in [1.29, 1.82) is 0 Å². The first kappa shape index (κ1) is 10.4. The molecule has 0 spiro atoms. The maximum absolute atomic E-state index is 4.69. The van der Waals surface area contributed by atoms with Gasteiger partial charge < -0.3 is 5.32 Å². The van der Waals surface area contributed by atoms with E-state index in [1.807, 2.05) is 18.3 Å². The summed E-state index contributed by atoms with van der Waals surface area (Å²) in [6.45, 7) is 4.00. The Morgan fingerprint density at radius 3 is 3.00 bits per heavy atom. The maximum Gasteiger partial charge on any atom is 0.159 e. The Kier molecular flexibility index (Phi) is 2.61. The molecule has 1 aromatic carbocycles. The van der Waals surface area contributed by atoms with Crippen molar-refractivity contribution in [1.82, 2.24) is 15.3 Å². The molecule has 0 fully saturated rings. The first-order valence-corrected chi connectivity index (χ1v) is 5.96. The van der Waals surface area contributed by atoms with Crippen molar-refractivity contribution in [2.24, 2.45) is 0 Å². The predicted octanol–water partition coefficient (Wildman–Crippen LogP) is 2.10. The molecular weight excluding hydrogens is 210 g/mol. The minimum Gasteiger partial charge on any atom is -0.312 e. The van der Waals surface area contributed by atoms with Gasteiger partial charge in [0.15, 0.2) is 5.82 Å². The van der Waals surface area contributed by atoms with Crippen LogP contribution in [0.15, 0.2) is 30.5 Å². The summed E-state index contributed by atoms with van der Waals surface area (Å²) >= 11 is 0. The first-order valence-electron chi connectivity index (χ1n) is 5.96. The van der Waals surface area contributed by atoms with Crippen LogP contribution in [0.5, 0.6) is 0 Å². The lowest BCUT2D eigenvalue weighted by atomic mass is 10.1. The number of rotatable bonds is 1. The van der Waals surface area contributed by atoms with Crippen LogP contribution in [0.25, 0.3) is 11.4 Å². The maximum atomic E-state index is 4.69. The summed E-state index contributed by atoms with van der Waals surface area (Å²) in [5.74, 6) is 0.851.